The van der Waals surface area contributed by atoms with Crippen molar-refractivity contribution in [3.8, 4) is 5.88 Å². The maximum atomic E-state index is 16.0. The van der Waals surface area contributed by atoms with E-state index in [0.717, 1.165) is 0 Å². The zero-order valence-electron chi connectivity index (χ0n) is 29.4. The maximum absolute atomic E-state index is 16.0. The molecule has 3 saturated heterocycles. The smallest absolute Gasteiger partial charge is 0.236 e. The van der Waals surface area contributed by atoms with Crippen LogP contribution >= 0.6 is 0 Å². The summed E-state index contributed by atoms with van der Waals surface area (Å²) in [7, 11) is 1.70. The molecule has 3 aliphatic heterocycles. The Hall–Kier alpha value is -5.17. The number of piperidine rings is 1. The van der Waals surface area contributed by atoms with Crippen LogP contribution in [0, 0.1) is 16.2 Å². The molecular weight excluding hydrogens is 649 g/mol. The Bertz CT molecular complexity index is 1820. The molecule has 1 atom stereocenters. The molecule has 51 heavy (non-hydrogen) atoms. The molecule has 0 radical (unpaired) electrons. The molecule has 0 bridgehead atoms. The second-order valence-electron chi connectivity index (χ2n) is 14.0. The van der Waals surface area contributed by atoms with E-state index >= 15 is 4.39 Å². The molecular formula is C38H46FN9O3. The Labute approximate surface area is 297 Å². The molecule has 12 nitrogen and oxygen atoms in total. The van der Waals surface area contributed by atoms with E-state index in [1.165, 1.54) is 6.34 Å². The number of likely N-dealkylation sites (tertiary alicyclic amines) is 2. The highest BCUT2D eigenvalue weighted by Crippen LogP contribution is 2.43. The van der Waals surface area contributed by atoms with E-state index in [9.17, 15) is 9.59 Å². The number of carbonyl (C=O) groups excluding carboxylic acids is 2. The molecule has 6 rings (SSSR count). The third-order valence-electron chi connectivity index (χ3n) is 10.2. The van der Waals surface area contributed by atoms with Gasteiger partial charge in [-0.15, -0.1) is 0 Å². The second-order valence-corrected chi connectivity index (χ2v) is 14.0. The van der Waals surface area contributed by atoms with Crippen molar-refractivity contribution in [3.63, 3.8) is 0 Å². The molecule has 2 aromatic carbocycles. The van der Waals surface area contributed by atoms with Gasteiger partial charge in [-0.05, 0) is 63.1 Å². The Morgan fingerprint density at radius 2 is 1.75 bits per heavy atom. The lowest BCUT2D eigenvalue weighted by Gasteiger charge is -2.37. The number of anilines is 2. The van der Waals surface area contributed by atoms with Crippen LogP contribution in [0.3, 0.4) is 0 Å². The monoisotopic (exact) mass is 695 g/mol. The largest absolute Gasteiger partial charge is 0.475 e. The molecule has 3 aliphatic rings. The maximum Gasteiger partial charge on any atom is 0.236 e. The van der Waals surface area contributed by atoms with Crippen LogP contribution in [0.2, 0.25) is 0 Å². The number of rotatable bonds is 10. The van der Waals surface area contributed by atoms with Crippen LogP contribution in [-0.4, -0.2) is 96.9 Å². The van der Waals surface area contributed by atoms with Crippen LogP contribution in [0.25, 0.3) is 0 Å². The van der Waals surface area contributed by atoms with Gasteiger partial charge >= 0.3 is 0 Å². The fraction of sp³-hybridized carbons (Fsp3) is 0.421. The first-order chi connectivity index (χ1) is 24.4. The normalized spacial score (nSPS) is 20.5. The van der Waals surface area contributed by atoms with E-state index in [1.807, 2.05) is 19.9 Å². The number of hydrogen-bond acceptors (Lipinski definition) is 8. The number of nitrogen functional groups attached to an aromatic ring is 1. The average molecular weight is 696 g/mol. The SMILES string of the molecule is CN/C=N\C(=N)c1ccc(C2(F)CCN(C(=O)CN3CC[C@]4(CCN(c5ccc(N)c(C(=N)c6ccc(OC(C)C)nc6)c5)C4=O)C3)CC2)cc1. The summed E-state index contributed by atoms with van der Waals surface area (Å²) in [5.41, 5.74) is 7.75. The number of halogens is 1. The van der Waals surface area contributed by atoms with Gasteiger partial charge in [0.2, 0.25) is 17.7 Å². The number of aromatic nitrogens is 1. The van der Waals surface area contributed by atoms with Crippen LogP contribution in [0.5, 0.6) is 5.88 Å². The summed E-state index contributed by atoms with van der Waals surface area (Å²) < 4.78 is 21.6. The van der Waals surface area contributed by atoms with Crippen molar-refractivity contribution in [1.82, 2.24) is 20.1 Å². The summed E-state index contributed by atoms with van der Waals surface area (Å²) in [5, 5.41) is 19.6. The first-order valence-electron chi connectivity index (χ1n) is 17.4. The third-order valence-corrected chi connectivity index (χ3v) is 10.2. The number of aliphatic imine (C=N–C) groups is 1. The van der Waals surface area contributed by atoms with E-state index in [-0.39, 0.29) is 48.9 Å². The molecule has 0 saturated carbocycles. The van der Waals surface area contributed by atoms with Crippen molar-refractivity contribution >= 4 is 41.1 Å². The van der Waals surface area contributed by atoms with Gasteiger partial charge in [-0.2, -0.15) is 0 Å². The predicted molar refractivity (Wildman–Crippen MR) is 197 cm³/mol. The Morgan fingerprint density at radius 3 is 2.41 bits per heavy atom. The molecule has 0 unspecified atom stereocenters. The summed E-state index contributed by atoms with van der Waals surface area (Å²) >= 11 is 0. The number of ether oxygens (including phenoxy) is 1. The number of pyridine rings is 1. The molecule has 0 aliphatic carbocycles. The lowest BCUT2D eigenvalue weighted by molar-refractivity contribution is -0.135. The zero-order valence-corrected chi connectivity index (χ0v) is 29.4. The summed E-state index contributed by atoms with van der Waals surface area (Å²) in [6.07, 6.45) is 4.72. The first-order valence-corrected chi connectivity index (χ1v) is 17.4. The number of benzene rings is 2. The minimum Gasteiger partial charge on any atom is -0.475 e. The fourth-order valence-electron chi connectivity index (χ4n) is 7.28. The quantitative estimate of drug-likeness (QED) is 0.139. The summed E-state index contributed by atoms with van der Waals surface area (Å²) in [4.78, 5) is 41.2. The van der Waals surface area contributed by atoms with Crippen LogP contribution < -0.4 is 20.7 Å². The van der Waals surface area contributed by atoms with Gasteiger partial charge in [0.05, 0.1) is 30.1 Å². The van der Waals surface area contributed by atoms with Gasteiger partial charge in [-0.1, -0.05) is 24.3 Å². The van der Waals surface area contributed by atoms with Crippen molar-refractivity contribution in [2.24, 2.45) is 10.4 Å². The van der Waals surface area contributed by atoms with Gasteiger partial charge in [0, 0.05) is 86.4 Å². The highest BCUT2D eigenvalue weighted by molar-refractivity contribution is 6.14. The van der Waals surface area contributed by atoms with E-state index in [1.54, 1.807) is 71.6 Å². The highest BCUT2D eigenvalue weighted by Gasteiger charge is 2.51. The number of hydrogen-bond donors (Lipinski definition) is 4. The number of amidine groups is 1. The van der Waals surface area contributed by atoms with E-state index in [4.69, 9.17) is 21.3 Å². The summed E-state index contributed by atoms with van der Waals surface area (Å²) in [6, 6.07) is 15.7. The lowest BCUT2D eigenvalue weighted by Crippen LogP contribution is -2.47. The zero-order chi connectivity index (χ0) is 36.3. The average Bonchev–Trinajstić information content (AvgIpc) is 3.69. The second kappa shape index (κ2) is 14.6. The summed E-state index contributed by atoms with van der Waals surface area (Å²) in [5.74, 6) is 0.536. The van der Waals surface area contributed by atoms with Gasteiger partial charge in [-0.3, -0.25) is 25.3 Å². The number of nitrogens with one attached hydrogen (secondary N) is 3. The van der Waals surface area contributed by atoms with Crippen LogP contribution in [0.4, 0.5) is 15.8 Å². The van der Waals surface area contributed by atoms with Crippen molar-refractivity contribution in [3.05, 3.63) is 83.0 Å². The number of nitrogens with zero attached hydrogens (tertiary/aromatic N) is 5. The van der Waals surface area contributed by atoms with Crippen LogP contribution in [0.15, 0.2) is 65.8 Å². The number of alkyl halides is 1. The minimum atomic E-state index is -1.55. The van der Waals surface area contributed by atoms with Gasteiger partial charge in [-0.25, -0.2) is 14.4 Å². The Morgan fingerprint density at radius 1 is 1.04 bits per heavy atom. The molecule has 5 N–H and O–H groups in total. The van der Waals surface area contributed by atoms with Crippen molar-refractivity contribution in [2.75, 3.05) is 56.9 Å². The molecule has 4 heterocycles. The lowest BCUT2D eigenvalue weighted by atomic mass is 9.85. The fourth-order valence-corrected chi connectivity index (χ4v) is 7.28. The molecule has 3 fully saturated rings. The minimum absolute atomic E-state index is 0.0129. The molecule has 1 spiro atoms. The van der Waals surface area contributed by atoms with Crippen LogP contribution in [-0.2, 0) is 15.3 Å². The molecule has 3 aromatic rings. The topological polar surface area (TPSA) is 164 Å². The van der Waals surface area contributed by atoms with Crippen molar-refractivity contribution < 1.29 is 18.7 Å². The van der Waals surface area contributed by atoms with Gasteiger partial charge in [0.25, 0.3) is 0 Å². The Balaban J connectivity index is 1.04. The highest BCUT2D eigenvalue weighted by atomic mass is 19.1. The van der Waals surface area contributed by atoms with E-state index in [0.29, 0.717) is 85.1 Å². The number of carbonyl (C=O) groups is 2. The molecule has 1 aromatic heterocycles. The van der Waals surface area contributed by atoms with E-state index in [2.05, 4.69) is 20.2 Å². The third kappa shape index (κ3) is 7.48. The summed E-state index contributed by atoms with van der Waals surface area (Å²) in [6.45, 7) is 6.31. The van der Waals surface area contributed by atoms with Crippen LogP contribution in [0.1, 0.15) is 61.8 Å². The molecule has 268 valence electrons. The molecule has 13 heteroatoms. The van der Waals surface area contributed by atoms with Gasteiger partial charge in [0.15, 0.2) is 5.84 Å². The van der Waals surface area contributed by atoms with Gasteiger partial charge in [0.1, 0.15) is 5.67 Å². The van der Waals surface area contributed by atoms with Crippen molar-refractivity contribution in [2.45, 2.75) is 51.3 Å². The number of nitrogens with two attached hydrogens (primary N) is 1. The number of amides is 2. The molecule has 2 amide bonds. The van der Waals surface area contributed by atoms with Gasteiger partial charge < -0.3 is 25.6 Å². The van der Waals surface area contributed by atoms with Crippen molar-refractivity contribution in [1.29, 1.82) is 10.8 Å². The standard InChI is InChI=1S/C38H46FN9O3/c1-25(2)51-32-11-6-27(21-44-32)34(41)30-20-29(9-10-31(30)40)48-19-13-37(36(48)50)12-16-46(23-37)22-33(49)47-17-14-38(39,15-18-47)28-7-4-26(5-8-28)35(42)45-24-43-3/h4-11,20-21,24-25,41H,12-19,22-23,40H2,1-3H3,(H2,42,43,45)/t37-/m0/s1. The van der Waals surface area contributed by atoms with E-state index < -0.39 is 11.1 Å². The first kappa shape index (κ1) is 35.6. The Kier molecular flexibility index (Phi) is 10.2. The predicted octanol–water partition coefficient (Wildman–Crippen LogP) is 4.36.